The third-order valence-corrected chi connectivity index (χ3v) is 6.51. The SMILES string of the molecule is CCOC(=O)N1CCN([C@@H](c2ccc([N+](=O)[O-])cc2)c2sc3nc(CC)nn3c2O)CC1. The highest BCUT2D eigenvalue weighted by Gasteiger charge is 2.33. The van der Waals surface area contributed by atoms with Crippen molar-refractivity contribution in [3.05, 3.63) is 50.6 Å². The summed E-state index contributed by atoms with van der Waals surface area (Å²) in [6.07, 6.45) is 0.317. The van der Waals surface area contributed by atoms with Crippen LogP contribution in [0.4, 0.5) is 10.5 Å². The molecule has 2 aromatic heterocycles. The normalized spacial score (nSPS) is 15.8. The molecule has 3 heterocycles. The van der Waals surface area contributed by atoms with Gasteiger partial charge in [-0.05, 0) is 12.5 Å². The zero-order valence-electron chi connectivity index (χ0n) is 17.8. The van der Waals surface area contributed by atoms with Gasteiger partial charge in [-0.3, -0.25) is 15.0 Å². The molecule has 32 heavy (non-hydrogen) atoms. The van der Waals surface area contributed by atoms with Crippen molar-refractivity contribution in [2.24, 2.45) is 0 Å². The summed E-state index contributed by atoms with van der Waals surface area (Å²) in [5.41, 5.74) is 0.801. The molecule has 1 N–H and O–H groups in total. The number of carbonyl (C=O) groups excluding carboxylic acids is 1. The average Bonchev–Trinajstić information content (AvgIpc) is 3.34. The van der Waals surface area contributed by atoms with E-state index in [2.05, 4.69) is 15.0 Å². The number of aromatic hydroxyl groups is 1. The highest BCUT2D eigenvalue weighted by molar-refractivity contribution is 7.17. The molecule has 12 heteroatoms. The first-order valence-electron chi connectivity index (χ1n) is 10.4. The van der Waals surface area contributed by atoms with Crippen molar-refractivity contribution in [2.45, 2.75) is 26.3 Å². The minimum Gasteiger partial charge on any atom is -0.492 e. The number of piperazine rings is 1. The van der Waals surface area contributed by atoms with Crippen LogP contribution >= 0.6 is 11.3 Å². The molecule has 1 aliphatic heterocycles. The maximum absolute atomic E-state index is 12.1. The molecule has 0 bridgehead atoms. The van der Waals surface area contributed by atoms with Gasteiger partial charge in [0, 0.05) is 44.7 Å². The smallest absolute Gasteiger partial charge is 0.409 e. The van der Waals surface area contributed by atoms with Crippen LogP contribution in [0.2, 0.25) is 0 Å². The van der Waals surface area contributed by atoms with Gasteiger partial charge in [0.1, 0.15) is 0 Å². The molecule has 4 rings (SSSR count). The van der Waals surface area contributed by atoms with Crippen LogP contribution in [0, 0.1) is 10.1 Å². The van der Waals surface area contributed by atoms with E-state index in [1.54, 1.807) is 24.0 Å². The number of ether oxygens (including phenoxy) is 1. The lowest BCUT2D eigenvalue weighted by Gasteiger charge is -2.38. The topological polar surface area (TPSA) is 126 Å². The van der Waals surface area contributed by atoms with Crippen molar-refractivity contribution in [1.29, 1.82) is 0 Å². The molecule has 170 valence electrons. The van der Waals surface area contributed by atoms with Crippen molar-refractivity contribution < 1.29 is 19.6 Å². The second-order valence-electron chi connectivity index (χ2n) is 7.34. The fraction of sp³-hybridized carbons (Fsp3) is 0.450. The number of hydrogen-bond donors (Lipinski definition) is 1. The lowest BCUT2D eigenvalue weighted by molar-refractivity contribution is -0.384. The first-order valence-corrected chi connectivity index (χ1v) is 11.2. The molecule has 11 nitrogen and oxygen atoms in total. The summed E-state index contributed by atoms with van der Waals surface area (Å²) < 4.78 is 6.54. The fourth-order valence-electron chi connectivity index (χ4n) is 3.80. The Morgan fingerprint density at radius 1 is 1.25 bits per heavy atom. The Morgan fingerprint density at radius 3 is 2.50 bits per heavy atom. The Labute approximate surface area is 188 Å². The number of carbonyl (C=O) groups is 1. The van der Waals surface area contributed by atoms with E-state index in [0.717, 1.165) is 5.56 Å². The van der Waals surface area contributed by atoms with E-state index in [4.69, 9.17) is 4.74 Å². The highest BCUT2D eigenvalue weighted by Crippen LogP contribution is 2.40. The van der Waals surface area contributed by atoms with E-state index in [9.17, 15) is 20.0 Å². The number of aromatic nitrogens is 3. The van der Waals surface area contributed by atoms with Crippen LogP contribution < -0.4 is 0 Å². The Morgan fingerprint density at radius 2 is 1.94 bits per heavy atom. The molecular formula is C20H24N6O5S. The van der Waals surface area contributed by atoms with E-state index in [1.165, 1.54) is 28.0 Å². The molecule has 1 saturated heterocycles. The third kappa shape index (κ3) is 4.10. The summed E-state index contributed by atoms with van der Waals surface area (Å²) in [4.78, 5) is 32.2. The number of thiazole rings is 1. The zero-order chi connectivity index (χ0) is 22.8. The summed E-state index contributed by atoms with van der Waals surface area (Å²) in [5.74, 6) is 0.654. The van der Waals surface area contributed by atoms with E-state index in [0.29, 0.717) is 54.9 Å². The number of rotatable bonds is 6. The Kier molecular flexibility index (Phi) is 6.24. The molecule has 3 aromatic rings. The van der Waals surface area contributed by atoms with Gasteiger partial charge in [0.05, 0.1) is 22.4 Å². The Bertz CT molecular complexity index is 1120. The van der Waals surface area contributed by atoms with E-state index in [1.807, 2.05) is 6.92 Å². The number of non-ortho nitro benzene ring substituents is 1. The highest BCUT2D eigenvalue weighted by atomic mass is 32.1. The standard InChI is InChI=1S/C20H24N6O5S/c1-3-15-21-19-25(22-15)18(27)17(32-19)16(13-5-7-14(8-6-13)26(29)30)23-9-11-24(12-10-23)20(28)31-4-2/h5-8,16,27H,3-4,9-12H2,1-2H3/t16-/m0/s1. The van der Waals surface area contributed by atoms with Crippen molar-refractivity contribution in [3.8, 4) is 5.88 Å². The van der Waals surface area contributed by atoms with Crippen molar-refractivity contribution in [3.63, 3.8) is 0 Å². The van der Waals surface area contributed by atoms with E-state index in [-0.39, 0.29) is 23.7 Å². The second-order valence-corrected chi connectivity index (χ2v) is 8.35. The predicted molar refractivity (Wildman–Crippen MR) is 117 cm³/mol. The molecule has 0 aliphatic carbocycles. The quantitative estimate of drug-likeness (QED) is 0.440. The number of nitro benzene ring substituents is 1. The van der Waals surface area contributed by atoms with Gasteiger partial charge in [-0.1, -0.05) is 30.4 Å². The van der Waals surface area contributed by atoms with Gasteiger partial charge in [0.15, 0.2) is 5.82 Å². The van der Waals surface area contributed by atoms with E-state index >= 15 is 0 Å². The number of nitro groups is 1. The van der Waals surface area contributed by atoms with Crippen molar-refractivity contribution >= 4 is 28.1 Å². The third-order valence-electron chi connectivity index (χ3n) is 5.43. The molecule has 1 atom stereocenters. The van der Waals surface area contributed by atoms with Crippen LogP contribution in [0.3, 0.4) is 0 Å². The first kappa shape index (κ1) is 22.0. The fourth-order valence-corrected chi connectivity index (χ4v) is 4.94. The van der Waals surface area contributed by atoms with Gasteiger partial charge in [0.2, 0.25) is 10.8 Å². The van der Waals surface area contributed by atoms with Gasteiger partial charge in [-0.15, -0.1) is 5.10 Å². The number of fused-ring (bicyclic) bond motifs is 1. The van der Waals surface area contributed by atoms with Gasteiger partial charge < -0.3 is 14.7 Å². The van der Waals surface area contributed by atoms with Crippen molar-refractivity contribution in [2.75, 3.05) is 32.8 Å². The maximum Gasteiger partial charge on any atom is 0.409 e. The van der Waals surface area contributed by atoms with E-state index < -0.39 is 4.92 Å². The first-order chi connectivity index (χ1) is 15.4. The molecule has 0 unspecified atom stereocenters. The number of benzene rings is 1. The van der Waals surface area contributed by atoms with Crippen LogP contribution in [0.25, 0.3) is 4.96 Å². The largest absolute Gasteiger partial charge is 0.492 e. The van der Waals surface area contributed by atoms with Crippen LogP contribution in [-0.4, -0.2) is 73.3 Å². The van der Waals surface area contributed by atoms with Gasteiger partial charge in [-0.25, -0.2) is 9.78 Å². The predicted octanol–water partition coefficient (Wildman–Crippen LogP) is 2.83. The molecule has 1 aromatic carbocycles. The number of hydrogen-bond acceptors (Lipinski definition) is 9. The van der Waals surface area contributed by atoms with Gasteiger partial charge >= 0.3 is 6.09 Å². The molecule has 0 radical (unpaired) electrons. The monoisotopic (exact) mass is 460 g/mol. The Hall–Kier alpha value is -3.25. The summed E-state index contributed by atoms with van der Waals surface area (Å²) in [6.45, 7) is 6.09. The van der Waals surface area contributed by atoms with Crippen LogP contribution in [0.15, 0.2) is 24.3 Å². The molecule has 1 fully saturated rings. The lowest BCUT2D eigenvalue weighted by atomic mass is 10.0. The van der Waals surface area contributed by atoms with Crippen molar-refractivity contribution in [1.82, 2.24) is 24.4 Å². The Balaban J connectivity index is 1.68. The zero-order valence-corrected chi connectivity index (χ0v) is 18.6. The summed E-state index contributed by atoms with van der Waals surface area (Å²) >= 11 is 1.34. The number of amides is 1. The molecule has 1 aliphatic rings. The average molecular weight is 461 g/mol. The molecule has 0 spiro atoms. The minimum absolute atomic E-state index is 0.000844. The summed E-state index contributed by atoms with van der Waals surface area (Å²) in [5, 5.41) is 26.4. The minimum atomic E-state index is -0.441. The van der Waals surface area contributed by atoms with Crippen LogP contribution in [0.5, 0.6) is 5.88 Å². The second kappa shape index (κ2) is 9.09. The number of aryl methyl sites for hydroxylation is 1. The van der Waals surface area contributed by atoms with Gasteiger partial charge in [-0.2, -0.15) is 4.52 Å². The number of nitrogens with zero attached hydrogens (tertiary/aromatic N) is 6. The molecular weight excluding hydrogens is 436 g/mol. The summed E-state index contributed by atoms with van der Waals surface area (Å²) in [6, 6.07) is 5.96. The maximum atomic E-state index is 12.1. The van der Waals surface area contributed by atoms with Gasteiger partial charge in [0.25, 0.3) is 5.69 Å². The summed E-state index contributed by atoms with van der Waals surface area (Å²) in [7, 11) is 0. The van der Waals surface area contributed by atoms with Crippen LogP contribution in [0.1, 0.15) is 36.2 Å². The lowest BCUT2D eigenvalue weighted by Crippen LogP contribution is -2.49. The molecule has 1 amide bonds. The van der Waals surface area contributed by atoms with Crippen LogP contribution in [-0.2, 0) is 11.2 Å². The molecule has 0 saturated carbocycles.